The van der Waals surface area contributed by atoms with Crippen molar-refractivity contribution in [2.45, 2.75) is 19.8 Å². The Morgan fingerprint density at radius 1 is 1.20 bits per heavy atom. The Morgan fingerprint density at radius 2 is 1.95 bits per heavy atom. The molecule has 0 spiro atoms. The van der Waals surface area contributed by atoms with E-state index in [0.29, 0.717) is 5.92 Å². The fourth-order valence-electron chi connectivity index (χ4n) is 2.90. The zero-order chi connectivity index (χ0) is 14.4. The van der Waals surface area contributed by atoms with Crippen molar-refractivity contribution in [3.05, 3.63) is 35.9 Å². The highest BCUT2D eigenvalue weighted by Crippen LogP contribution is 2.11. The van der Waals surface area contributed by atoms with Crippen molar-refractivity contribution < 1.29 is 4.79 Å². The van der Waals surface area contributed by atoms with Crippen LogP contribution in [0.15, 0.2) is 30.3 Å². The summed E-state index contributed by atoms with van der Waals surface area (Å²) in [7, 11) is 0. The second kappa shape index (κ2) is 7.29. The summed E-state index contributed by atoms with van der Waals surface area (Å²) in [5, 5.41) is 0. The van der Waals surface area contributed by atoms with Crippen molar-refractivity contribution in [3.8, 4) is 0 Å². The average Bonchev–Trinajstić information content (AvgIpc) is 2.65. The number of rotatable bonds is 4. The number of nitrogens with zero attached hydrogens (tertiary/aromatic N) is 2. The van der Waals surface area contributed by atoms with Crippen LogP contribution in [-0.2, 0) is 6.42 Å². The second-order valence-electron chi connectivity index (χ2n) is 5.77. The standard InChI is InChI=1S/C16H25N3O/c1-14(12-15-6-3-2-4-7-15)13-18-8-5-9-19(11-10-18)16(17)20/h2-4,6-7,14H,5,8-13H2,1H3,(H2,17,20)/t14-/m0/s1. The van der Waals surface area contributed by atoms with E-state index in [-0.39, 0.29) is 6.03 Å². The van der Waals surface area contributed by atoms with Gasteiger partial charge >= 0.3 is 6.03 Å². The van der Waals surface area contributed by atoms with Crippen LogP contribution in [0.3, 0.4) is 0 Å². The topological polar surface area (TPSA) is 49.6 Å². The lowest BCUT2D eigenvalue weighted by Gasteiger charge is -2.24. The van der Waals surface area contributed by atoms with E-state index in [0.717, 1.165) is 45.6 Å². The molecule has 2 N–H and O–H groups in total. The number of nitrogens with two attached hydrogens (primary N) is 1. The van der Waals surface area contributed by atoms with Gasteiger partial charge < -0.3 is 15.5 Å². The molecular formula is C16H25N3O. The van der Waals surface area contributed by atoms with Crippen LogP contribution in [0.2, 0.25) is 0 Å². The molecule has 110 valence electrons. The summed E-state index contributed by atoms with van der Waals surface area (Å²) in [4.78, 5) is 15.4. The molecule has 2 amide bonds. The highest BCUT2D eigenvalue weighted by Gasteiger charge is 2.18. The van der Waals surface area contributed by atoms with Crippen LogP contribution in [0.1, 0.15) is 18.9 Å². The summed E-state index contributed by atoms with van der Waals surface area (Å²) < 4.78 is 0. The van der Waals surface area contributed by atoms with Gasteiger partial charge in [-0.1, -0.05) is 37.3 Å². The number of primary amides is 1. The smallest absolute Gasteiger partial charge is 0.314 e. The van der Waals surface area contributed by atoms with Gasteiger partial charge in [0.1, 0.15) is 0 Å². The molecule has 4 nitrogen and oxygen atoms in total. The molecule has 1 aromatic rings. The molecule has 2 rings (SSSR count). The molecule has 1 aliphatic heterocycles. The van der Waals surface area contributed by atoms with E-state index in [9.17, 15) is 4.79 Å². The molecule has 0 radical (unpaired) electrons. The first-order chi connectivity index (χ1) is 9.65. The molecule has 1 saturated heterocycles. The number of amides is 2. The highest BCUT2D eigenvalue weighted by atomic mass is 16.2. The minimum Gasteiger partial charge on any atom is -0.351 e. The van der Waals surface area contributed by atoms with Gasteiger partial charge in [0.25, 0.3) is 0 Å². The Kier molecular flexibility index (Phi) is 5.41. The fourth-order valence-corrected chi connectivity index (χ4v) is 2.90. The molecular weight excluding hydrogens is 250 g/mol. The molecule has 1 fully saturated rings. The van der Waals surface area contributed by atoms with Gasteiger partial charge in [-0.3, -0.25) is 0 Å². The number of benzene rings is 1. The number of carbonyl (C=O) groups is 1. The normalized spacial score (nSPS) is 18.6. The molecule has 1 heterocycles. The molecule has 1 atom stereocenters. The van der Waals surface area contributed by atoms with E-state index < -0.39 is 0 Å². The number of hydrogen-bond acceptors (Lipinski definition) is 2. The van der Waals surface area contributed by atoms with Crippen LogP contribution in [0, 0.1) is 5.92 Å². The van der Waals surface area contributed by atoms with Crippen LogP contribution < -0.4 is 5.73 Å². The molecule has 1 aliphatic rings. The van der Waals surface area contributed by atoms with Gasteiger partial charge in [-0.2, -0.15) is 0 Å². The van der Waals surface area contributed by atoms with Gasteiger partial charge in [0.15, 0.2) is 0 Å². The van der Waals surface area contributed by atoms with Crippen LogP contribution in [0.25, 0.3) is 0 Å². The number of carbonyl (C=O) groups excluding carboxylic acids is 1. The summed E-state index contributed by atoms with van der Waals surface area (Å²) in [6.45, 7) is 6.92. The summed E-state index contributed by atoms with van der Waals surface area (Å²) in [6, 6.07) is 10.3. The van der Waals surface area contributed by atoms with E-state index in [1.54, 1.807) is 4.90 Å². The van der Waals surface area contributed by atoms with Crippen molar-refractivity contribution >= 4 is 6.03 Å². The fraction of sp³-hybridized carbons (Fsp3) is 0.562. The first-order valence-corrected chi connectivity index (χ1v) is 7.46. The van der Waals surface area contributed by atoms with Crippen LogP contribution in [-0.4, -0.2) is 48.6 Å². The molecule has 4 heteroatoms. The summed E-state index contributed by atoms with van der Waals surface area (Å²) >= 11 is 0. The van der Waals surface area contributed by atoms with Crippen LogP contribution in [0.5, 0.6) is 0 Å². The van der Waals surface area contributed by atoms with Crippen molar-refractivity contribution in [1.29, 1.82) is 0 Å². The average molecular weight is 275 g/mol. The zero-order valence-corrected chi connectivity index (χ0v) is 12.3. The minimum atomic E-state index is -0.288. The molecule has 0 bridgehead atoms. The van der Waals surface area contributed by atoms with Gasteiger partial charge in [0.05, 0.1) is 0 Å². The van der Waals surface area contributed by atoms with Gasteiger partial charge in [-0.25, -0.2) is 4.79 Å². The lowest BCUT2D eigenvalue weighted by Crippen LogP contribution is -2.39. The van der Waals surface area contributed by atoms with E-state index in [4.69, 9.17) is 5.73 Å². The van der Waals surface area contributed by atoms with E-state index in [1.165, 1.54) is 5.56 Å². The Morgan fingerprint density at radius 3 is 2.65 bits per heavy atom. The van der Waals surface area contributed by atoms with E-state index in [2.05, 4.69) is 42.2 Å². The molecule has 1 aromatic carbocycles. The SMILES string of the molecule is C[C@@H](Cc1ccccc1)CN1CCCN(C(N)=O)CC1. The summed E-state index contributed by atoms with van der Waals surface area (Å²) in [5.41, 5.74) is 6.75. The predicted octanol–water partition coefficient (Wildman–Crippen LogP) is 1.95. The largest absolute Gasteiger partial charge is 0.351 e. The predicted molar refractivity (Wildman–Crippen MR) is 81.5 cm³/mol. The maximum absolute atomic E-state index is 11.2. The third-order valence-electron chi connectivity index (χ3n) is 3.90. The quantitative estimate of drug-likeness (QED) is 0.913. The molecule has 0 unspecified atom stereocenters. The van der Waals surface area contributed by atoms with Crippen molar-refractivity contribution in [1.82, 2.24) is 9.80 Å². The molecule has 0 aliphatic carbocycles. The Bertz CT molecular complexity index is 421. The van der Waals surface area contributed by atoms with E-state index in [1.807, 2.05) is 0 Å². The lowest BCUT2D eigenvalue weighted by atomic mass is 10.0. The van der Waals surface area contributed by atoms with Crippen molar-refractivity contribution in [2.75, 3.05) is 32.7 Å². The van der Waals surface area contributed by atoms with Crippen molar-refractivity contribution in [2.24, 2.45) is 11.7 Å². The monoisotopic (exact) mass is 275 g/mol. The third kappa shape index (κ3) is 4.53. The first-order valence-electron chi connectivity index (χ1n) is 7.46. The Balaban J connectivity index is 1.79. The first kappa shape index (κ1) is 14.9. The van der Waals surface area contributed by atoms with Gasteiger partial charge in [-0.05, 0) is 30.9 Å². The highest BCUT2D eigenvalue weighted by molar-refractivity contribution is 5.71. The number of hydrogen-bond donors (Lipinski definition) is 1. The second-order valence-corrected chi connectivity index (χ2v) is 5.77. The summed E-state index contributed by atoms with van der Waals surface area (Å²) in [6.07, 6.45) is 2.12. The minimum absolute atomic E-state index is 0.288. The molecule has 0 aromatic heterocycles. The Labute approximate surface area is 121 Å². The van der Waals surface area contributed by atoms with Gasteiger partial charge in [0, 0.05) is 26.2 Å². The number of urea groups is 1. The Hall–Kier alpha value is -1.55. The van der Waals surface area contributed by atoms with Gasteiger partial charge in [0.2, 0.25) is 0 Å². The third-order valence-corrected chi connectivity index (χ3v) is 3.90. The lowest BCUT2D eigenvalue weighted by molar-refractivity contribution is 0.205. The molecule has 20 heavy (non-hydrogen) atoms. The van der Waals surface area contributed by atoms with Crippen LogP contribution in [0.4, 0.5) is 4.79 Å². The summed E-state index contributed by atoms with van der Waals surface area (Å²) in [5.74, 6) is 0.623. The van der Waals surface area contributed by atoms with Crippen LogP contribution >= 0.6 is 0 Å². The maximum atomic E-state index is 11.2. The van der Waals surface area contributed by atoms with E-state index >= 15 is 0 Å². The molecule has 0 saturated carbocycles. The zero-order valence-electron chi connectivity index (χ0n) is 12.3. The van der Waals surface area contributed by atoms with Crippen molar-refractivity contribution in [3.63, 3.8) is 0 Å². The van der Waals surface area contributed by atoms with Gasteiger partial charge in [-0.15, -0.1) is 0 Å². The maximum Gasteiger partial charge on any atom is 0.314 e.